The van der Waals surface area contributed by atoms with Crippen LogP contribution in [0.15, 0.2) is 24.3 Å². The lowest BCUT2D eigenvalue weighted by molar-refractivity contribution is 0.236. The number of hydrogen-bond donors (Lipinski definition) is 0. The van der Waals surface area contributed by atoms with Gasteiger partial charge in [0.25, 0.3) is 0 Å². The lowest BCUT2D eigenvalue weighted by Crippen LogP contribution is -2.32. The van der Waals surface area contributed by atoms with E-state index >= 15 is 0 Å². The second-order valence-corrected chi connectivity index (χ2v) is 6.71. The first-order chi connectivity index (χ1) is 10.0. The molecule has 0 unspecified atom stereocenters. The van der Waals surface area contributed by atoms with E-state index in [1.54, 1.807) is 0 Å². The average Bonchev–Trinajstić information content (AvgIpc) is 2.44. The van der Waals surface area contributed by atoms with Crippen LogP contribution in [0.5, 0.6) is 0 Å². The number of hydrogen-bond acceptors (Lipinski definition) is 4. The van der Waals surface area contributed by atoms with Crippen LogP contribution in [0.2, 0.25) is 0 Å². The molecule has 0 atom stereocenters. The molecule has 4 heteroatoms. The van der Waals surface area contributed by atoms with Gasteiger partial charge in [-0.05, 0) is 43.2 Å². The molecule has 3 nitrogen and oxygen atoms in total. The maximum absolute atomic E-state index is 5.34. The van der Waals surface area contributed by atoms with Gasteiger partial charge in [-0.25, -0.2) is 0 Å². The number of nitrogens with zero attached hydrogens (tertiary/aromatic N) is 2. The molecular formula is C17H30N2OS. The second kappa shape index (κ2) is 10.2. The van der Waals surface area contributed by atoms with Crippen molar-refractivity contribution in [2.45, 2.75) is 27.0 Å². The molecule has 1 rings (SSSR count). The minimum atomic E-state index is 0.678. The maximum Gasteiger partial charge on any atom is 0.0864 e. The molecule has 0 aliphatic heterocycles. The van der Waals surface area contributed by atoms with Gasteiger partial charge in [0.05, 0.1) is 6.61 Å². The summed E-state index contributed by atoms with van der Waals surface area (Å²) in [4.78, 5) is 4.79. The molecule has 0 spiro atoms. The van der Waals surface area contributed by atoms with Gasteiger partial charge in [-0.1, -0.05) is 38.1 Å². The fraction of sp³-hybridized carbons (Fsp3) is 0.647. The molecule has 0 fully saturated rings. The monoisotopic (exact) mass is 310 g/mol. The van der Waals surface area contributed by atoms with Crippen molar-refractivity contribution in [1.82, 2.24) is 9.80 Å². The van der Waals surface area contributed by atoms with E-state index in [4.69, 9.17) is 4.18 Å². The molecule has 0 saturated heterocycles. The first kappa shape index (κ1) is 18.5. The molecule has 0 aromatic heterocycles. The summed E-state index contributed by atoms with van der Waals surface area (Å²) in [7, 11) is 4.39. The van der Waals surface area contributed by atoms with Gasteiger partial charge in [0, 0.05) is 32.4 Å². The zero-order valence-electron chi connectivity index (χ0n) is 14.1. The Hall–Kier alpha value is -0.550. The Morgan fingerprint density at radius 1 is 1.00 bits per heavy atom. The highest BCUT2D eigenvalue weighted by atomic mass is 32.2. The van der Waals surface area contributed by atoms with Gasteiger partial charge in [0.1, 0.15) is 0 Å². The van der Waals surface area contributed by atoms with Crippen LogP contribution < -0.4 is 0 Å². The van der Waals surface area contributed by atoms with Crippen molar-refractivity contribution in [2.75, 3.05) is 40.0 Å². The molecule has 0 N–H and O–H groups in total. The van der Waals surface area contributed by atoms with Gasteiger partial charge in [-0.3, -0.25) is 0 Å². The van der Waals surface area contributed by atoms with E-state index in [9.17, 15) is 0 Å². The zero-order chi connectivity index (χ0) is 15.7. The van der Waals surface area contributed by atoms with Crippen molar-refractivity contribution >= 4 is 12.0 Å². The Bertz CT molecular complexity index is 381. The van der Waals surface area contributed by atoms with Gasteiger partial charge in [0.15, 0.2) is 0 Å². The number of rotatable bonds is 10. The maximum atomic E-state index is 5.34. The third-order valence-corrected chi connectivity index (χ3v) is 3.71. The summed E-state index contributed by atoms with van der Waals surface area (Å²) in [6, 6.07) is 8.72. The molecule has 1 aromatic rings. The number of likely N-dealkylation sites (N-methyl/N-ethyl adjacent to an activating group) is 2. The molecule has 120 valence electrons. The highest BCUT2D eigenvalue weighted by molar-refractivity contribution is 7.93. The van der Waals surface area contributed by atoms with Crippen molar-refractivity contribution in [3.8, 4) is 0 Å². The largest absolute Gasteiger partial charge is 0.311 e. The Kier molecular flexibility index (Phi) is 9.00. The minimum absolute atomic E-state index is 0.678. The quantitative estimate of drug-likeness (QED) is 0.614. The van der Waals surface area contributed by atoms with Crippen LogP contribution in [0.1, 0.15) is 25.0 Å². The van der Waals surface area contributed by atoms with Crippen molar-refractivity contribution in [2.24, 2.45) is 5.92 Å². The summed E-state index contributed by atoms with van der Waals surface area (Å²) in [5.41, 5.74) is 2.59. The SMILES string of the molecule is CSOCc1ccc(CN(C)CCN(C)CC(C)C)cc1. The smallest absolute Gasteiger partial charge is 0.0864 e. The van der Waals surface area contributed by atoms with Crippen molar-refractivity contribution < 1.29 is 4.18 Å². The lowest BCUT2D eigenvalue weighted by Gasteiger charge is -2.23. The highest BCUT2D eigenvalue weighted by Crippen LogP contribution is 2.10. The van der Waals surface area contributed by atoms with Crippen molar-refractivity contribution in [3.05, 3.63) is 35.4 Å². The molecule has 1 aromatic carbocycles. The van der Waals surface area contributed by atoms with Crippen LogP contribution in [0.3, 0.4) is 0 Å². The van der Waals surface area contributed by atoms with Crippen LogP contribution in [0, 0.1) is 5.92 Å². The summed E-state index contributed by atoms with van der Waals surface area (Å²) >= 11 is 1.41. The molecule has 0 heterocycles. The predicted molar refractivity (Wildman–Crippen MR) is 93.4 cm³/mol. The first-order valence-corrected chi connectivity index (χ1v) is 8.76. The summed E-state index contributed by atoms with van der Waals surface area (Å²) in [5, 5.41) is 0. The van der Waals surface area contributed by atoms with Gasteiger partial charge in [-0.2, -0.15) is 0 Å². The van der Waals surface area contributed by atoms with E-state index < -0.39 is 0 Å². The molecule has 0 amide bonds. The Morgan fingerprint density at radius 2 is 1.57 bits per heavy atom. The van der Waals surface area contributed by atoms with Crippen LogP contribution in [0.25, 0.3) is 0 Å². The zero-order valence-corrected chi connectivity index (χ0v) is 14.9. The number of benzene rings is 1. The lowest BCUT2D eigenvalue weighted by atomic mass is 10.1. The summed E-state index contributed by atoms with van der Waals surface area (Å²) < 4.78 is 5.34. The summed E-state index contributed by atoms with van der Waals surface area (Å²) in [5.74, 6) is 0.733. The van der Waals surface area contributed by atoms with E-state index in [2.05, 4.69) is 62.0 Å². The normalized spacial score (nSPS) is 11.8. The third kappa shape index (κ3) is 8.47. The molecule has 21 heavy (non-hydrogen) atoms. The minimum Gasteiger partial charge on any atom is -0.311 e. The molecule has 0 aliphatic carbocycles. The molecule has 0 saturated carbocycles. The van der Waals surface area contributed by atoms with Crippen molar-refractivity contribution in [3.63, 3.8) is 0 Å². The van der Waals surface area contributed by atoms with E-state index in [-0.39, 0.29) is 0 Å². The third-order valence-electron chi connectivity index (χ3n) is 3.36. The Morgan fingerprint density at radius 3 is 2.14 bits per heavy atom. The summed E-state index contributed by atoms with van der Waals surface area (Å²) in [6.07, 6.45) is 1.94. The Balaban J connectivity index is 2.32. The molecule has 0 radical (unpaired) electrons. The Labute approximate surface area is 134 Å². The van der Waals surface area contributed by atoms with Crippen LogP contribution in [0.4, 0.5) is 0 Å². The first-order valence-electron chi connectivity index (χ1n) is 7.61. The second-order valence-electron chi connectivity index (χ2n) is 6.14. The van der Waals surface area contributed by atoms with Gasteiger partial charge in [0.2, 0.25) is 0 Å². The highest BCUT2D eigenvalue weighted by Gasteiger charge is 2.05. The topological polar surface area (TPSA) is 15.7 Å². The van der Waals surface area contributed by atoms with Gasteiger partial charge >= 0.3 is 0 Å². The fourth-order valence-corrected chi connectivity index (χ4v) is 2.57. The van der Waals surface area contributed by atoms with E-state index in [1.165, 1.54) is 23.2 Å². The van der Waals surface area contributed by atoms with E-state index in [0.29, 0.717) is 6.61 Å². The van der Waals surface area contributed by atoms with Gasteiger partial charge in [-0.15, -0.1) is 0 Å². The van der Waals surface area contributed by atoms with E-state index in [0.717, 1.165) is 32.1 Å². The van der Waals surface area contributed by atoms with Crippen LogP contribution in [-0.2, 0) is 17.3 Å². The standard InChI is InChI=1S/C17H30N2OS/c1-15(2)12-18(3)10-11-19(4)13-16-6-8-17(9-7-16)14-20-21-5/h6-9,15H,10-14H2,1-5H3. The summed E-state index contributed by atoms with van der Waals surface area (Å²) in [6.45, 7) is 9.59. The average molecular weight is 311 g/mol. The van der Waals surface area contributed by atoms with E-state index in [1.807, 2.05) is 6.26 Å². The predicted octanol–water partition coefficient (Wildman–Crippen LogP) is 3.50. The van der Waals surface area contributed by atoms with Crippen molar-refractivity contribution in [1.29, 1.82) is 0 Å². The van der Waals surface area contributed by atoms with Gasteiger partial charge < -0.3 is 14.0 Å². The molecule has 0 bridgehead atoms. The molecule has 0 aliphatic rings. The van der Waals surface area contributed by atoms with Crippen LogP contribution >= 0.6 is 12.0 Å². The van der Waals surface area contributed by atoms with Crippen LogP contribution in [-0.4, -0.2) is 49.8 Å². The fourth-order valence-electron chi connectivity index (χ4n) is 2.31. The molecular weight excluding hydrogens is 280 g/mol.